The second-order valence-corrected chi connectivity index (χ2v) is 7.02. The maximum absolute atomic E-state index is 11.7. The minimum absolute atomic E-state index is 0.194. The average Bonchev–Trinajstić information content (AvgIpc) is 2.48. The van der Waals surface area contributed by atoms with Gasteiger partial charge in [0.2, 0.25) is 0 Å². The minimum atomic E-state index is -0.405. The summed E-state index contributed by atoms with van der Waals surface area (Å²) in [5.41, 5.74) is 5.89. The Balaban J connectivity index is 1.78. The Labute approximate surface area is 103 Å². The van der Waals surface area contributed by atoms with Gasteiger partial charge in [0.05, 0.1) is 0 Å². The monoisotopic (exact) mass is 240 g/mol. The van der Waals surface area contributed by atoms with Gasteiger partial charge in [0.15, 0.2) is 0 Å². The molecule has 2 N–H and O–H groups in total. The Bertz CT molecular complexity index is 327. The fraction of sp³-hybridized carbons (Fsp3) is 0.923. The SMILES string of the molecule is CC(C)(C)OC(=O)N1CC([C@H]2[C@H](N)C2(C)C)C1. The molecule has 1 saturated carbocycles. The predicted octanol–water partition coefficient (Wildman–Crippen LogP) is 1.84. The van der Waals surface area contributed by atoms with Crippen LogP contribution in [0.4, 0.5) is 4.79 Å². The third kappa shape index (κ3) is 2.28. The molecule has 1 saturated heterocycles. The summed E-state index contributed by atoms with van der Waals surface area (Å²) >= 11 is 0. The average molecular weight is 240 g/mol. The largest absolute Gasteiger partial charge is 0.444 e. The summed E-state index contributed by atoms with van der Waals surface area (Å²) in [6.45, 7) is 11.7. The van der Waals surface area contributed by atoms with Crippen molar-refractivity contribution in [1.29, 1.82) is 0 Å². The van der Waals surface area contributed by atoms with E-state index in [9.17, 15) is 4.79 Å². The van der Waals surface area contributed by atoms with E-state index in [0.29, 0.717) is 17.9 Å². The first kappa shape index (κ1) is 12.7. The highest BCUT2D eigenvalue weighted by molar-refractivity contribution is 5.69. The second-order valence-electron chi connectivity index (χ2n) is 7.02. The highest BCUT2D eigenvalue weighted by Crippen LogP contribution is 2.56. The number of ether oxygens (including phenoxy) is 1. The van der Waals surface area contributed by atoms with Crippen molar-refractivity contribution in [3.8, 4) is 0 Å². The van der Waals surface area contributed by atoms with Crippen LogP contribution in [-0.4, -0.2) is 35.7 Å². The van der Waals surface area contributed by atoms with Crippen LogP contribution in [0.2, 0.25) is 0 Å². The van der Waals surface area contributed by atoms with E-state index in [2.05, 4.69) is 13.8 Å². The molecule has 2 rings (SSSR count). The third-order valence-electron chi connectivity index (χ3n) is 4.07. The lowest BCUT2D eigenvalue weighted by atomic mass is 9.90. The maximum atomic E-state index is 11.7. The Morgan fingerprint density at radius 3 is 2.18 bits per heavy atom. The standard InChI is InChI=1S/C13H24N2O2/c1-12(2,3)17-11(16)15-6-8(7-15)9-10(14)13(9,4)5/h8-10H,6-7,14H2,1-5H3/t9-,10-/m0/s1. The van der Waals surface area contributed by atoms with Gasteiger partial charge in [0.25, 0.3) is 0 Å². The molecule has 0 aromatic carbocycles. The van der Waals surface area contributed by atoms with Gasteiger partial charge in [0.1, 0.15) is 5.60 Å². The molecule has 2 atom stereocenters. The molecule has 0 aromatic rings. The first-order valence-corrected chi connectivity index (χ1v) is 6.36. The summed E-state index contributed by atoms with van der Waals surface area (Å²) in [7, 11) is 0. The van der Waals surface area contributed by atoms with E-state index >= 15 is 0 Å². The van der Waals surface area contributed by atoms with E-state index in [1.54, 1.807) is 4.90 Å². The lowest BCUT2D eigenvalue weighted by molar-refractivity contribution is -0.00622. The molecule has 1 heterocycles. The fourth-order valence-corrected chi connectivity index (χ4v) is 2.83. The van der Waals surface area contributed by atoms with Gasteiger partial charge in [-0.25, -0.2) is 4.79 Å². The first-order valence-electron chi connectivity index (χ1n) is 6.36. The number of carbonyl (C=O) groups is 1. The zero-order chi connectivity index (χ0) is 13.0. The molecular formula is C13H24N2O2. The van der Waals surface area contributed by atoms with Crippen molar-refractivity contribution in [2.45, 2.75) is 46.3 Å². The van der Waals surface area contributed by atoms with E-state index in [-0.39, 0.29) is 11.5 Å². The topological polar surface area (TPSA) is 55.6 Å². The number of nitrogens with zero attached hydrogens (tertiary/aromatic N) is 1. The molecule has 4 nitrogen and oxygen atoms in total. The molecular weight excluding hydrogens is 216 g/mol. The van der Waals surface area contributed by atoms with Crippen molar-refractivity contribution >= 4 is 6.09 Å². The summed E-state index contributed by atoms with van der Waals surface area (Å²) in [5.74, 6) is 1.13. The van der Waals surface area contributed by atoms with Crippen LogP contribution in [0, 0.1) is 17.3 Å². The predicted molar refractivity (Wildman–Crippen MR) is 66.5 cm³/mol. The number of likely N-dealkylation sites (tertiary alicyclic amines) is 1. The number of nitrogens with two attached hydrogens (primary N) is 1. The highest BCUT2D eigenvalue weighted by atomic mass is 16.6. The molecule has 0 unspecified atom stereocenters. The molecule has 17 heavy (non-hydrogen) atoms. The van der Waals surface area contributed by atoms with Gasteiger partial charge in [-0.3, -0.25) is 0 Å². The molecule has 0 radical (unpaired) electrons. The molecule has 4 heteroatoms. The van der Waals surface area contributed by atoms with Crippen LogP contribution < -0.4 is 5.73 Å². The van der Waals surface area contributed by atoms with E-state index < -0.39 is 5.60 Å². The number of amides is 1. The zero-order valence-electron chi connectivity index (χ0n) is 11.5. The Kier molecular flexibility index (Phi) is 2.69. The summed E-state index contributed by atoms with van der Waals surface area (Å²) in [6, 6.07) is 0.299. The molecule has 1 aliphatic heterocycles. The van der Waals surface area contributed by atoms with E-state index in [1.165, 1.54) is 0 Å². The normalized spacial score (nSPS) is 32.0. The van der Waals surface area contributed by atoms with Crippen LogP contribution in [-0.2, 0) is 4.74 Å². The van der Waals surface area contributed by atoms with Crippen LogP contribution in [0.3, 0.4) is 0 Å². The number of hydrogen-bond acceptors (Lipinski definition) is 3. The fourth-order valence-electron chi connectivity index (χ4n) is 2.83. The Hall–Kier alpha value is -0.770. The summed E-state index contributed by atoms with van der Waals surface area (Å²) in [4.78, 5) is 13.5. The smallest absolute Gasteiger partial charge is 0.410 e. The van der Waals surface area contributed by atoms with Crippen LogP contribution in [0.5, 0.6) is 0 Å². The number of carbonyl (C=O) groups excluding carboxylic acids is 1. The summed E-state index contributed by atoms with van der Waals surface area (Å²) in [6.07, 6.45) is -0.194. The van der Waals surface area contributed by atoms with Gasteiger partial charge >= 0.3 is 6.09 Å². The Morgan fingerprint density at radius 2 is 1.82 bits per heavy atom. The van der Waals surface area contributed by atoms with E-state index in [4.69, 9.17) is 10.5 Å². The van der Waals surface area contributed by atoms with Gasteiger partial charge in [0, 0.05) is 19.1 Å². The van der Waals surface area contributed by atoms with Gasteiger partial charge in [-0.05, 0) is 38.0 Å². The molecule has 0 aromatic heterocycles. The van der Waals surface area contributed by atoms with Crippen LogP contribution in [0.25, 0.3) is 0 Å². The first-order chi connectivity index (χ1) is 7.63. The van der Waals surface area contributed by atoms with E-state index in [1.807, 2.05) is 20.8 Å². The number of rotatable bonds is 1. The molecule has 2 aliphatic rings. The molecule has 0 spiro atoms. The van der Waals surface area contributed by atoms with Gasteiger partial charge in [-0.1, -0.05) is 13.8 Å². The van der Waals surface area contributed by atoms with Gasteiger partial charge in [-0.2, -0.15) is 0 Å². The van der Waals surface area contributed by atoms with Crippen LogP contribution >= 0.6 is 0 Å². The van der Waals surface area contributed by atoms with Crippen molar-refractivity contribution in [2.75, 3.05) is 13.1 Å². The van der Waals surface area contributed by atoms with Crippen molar-refractivity contribution in [1.82, 2.24) is 4.90 Å². The van der Waals surface area contributed by atoms with Gasteiger partial charge in [-0.15, -0.1) is 0 Å². The molecule has 2 fully saturated rings. The molecule has 1 aliphatic carbocycles. The maximum Gasteiger partial charge on any atom is 0.410 e. The molecule has 0 bridgehead atoms. The zero-order valence-corrected chi connectivity index (χ0v) is 11.5. The Morgan fingerprint density at radius 1 is 1.35 bits per heavy atom. The highest BCUT2D eigenvalue weighted by Gasteiger charge is 2.61. The van der Waals surface area contributed by atoms with Crippen LogP contribution in [0.1, 0.15) is 34.6 Å². The van der Waals surface area contributed by atoms with Crippen molar-refractivity contribution in [3.63, 3.8) is 0 Å². The van der Waals surface area contributed by atoms with E-state index in [0.717, 1.165) is 13.1 Å². The van der Waals surface area contributed by atoms with Gasteiger partial charge < -0.3 is 15.4 Å². The second kappa shape index (κ2) is 3.61. The lowest BCUT2D eigenvalue weighted by Gasteiger charge is -2.40. The van der Waals surface area contributed by atoms with Crippen molar-refractivity contribution < 1.29 is 9.53 Å². The van der Waals surface area contributed by atoms with Crippen LogP contribution in [0.15, 0.2) is 0 Å². The van der Waals surface area contributed by atoms with Crippen molar-refractivity contribution in [2.24, 2.45) is 23.0 Å². The quantitative estimate of drug-likeness (QED) is 0.761. The summed E-state index contributed by atoms with van der Waals surface area (Å²) in [5, 5.41) is 0. The third-order valence-corrected chi connectivity index (χ3v) is 4.07. The van der Waals surface area contributed by atoms with Crippen molar-refractivity contribution in [3.05, 3.63) is 0 Å². The summed E-state index contributed by atoms with van der Waals surface area (Å²) < 4.78 is 5.32. The lowest BCUT2D eigenvalue weighted by Crippen LogP contribution is -2.53. The molecule has 98 valence electrons. The molecule has 1 amide bonds. The minimum Gasteiger partial charge on any atom is -0.444 e. The number of hydrogen-bond donors (Lipinski definition) is 1.